The first kappa shape index (κ1) is 22.7. The molecule has 2 aromatic rings. The first-order valence-electron chi connectivity index (χ1n) is 10.0. The second kappa shape index (κ2) is 11.4. The number of morpholine rings is 1. The standard InChI is InChI=1S/C23H26F2N2O4/c1-29-20-7-3-6-19(22(20)31-23(24)25)8-9-21(28)26-15-17-4-2-5-18(14-17)16-27-10-12-30-13-11-27/h2-9,14,23H,10-13,15-16H2,1H3,(H,26,28)/b9-8+. The van der Waals surface area contributed by atoms with Crippen molar-refractivity contribution < 1.29 is 27.8 Å². The lowest BCUT2D eigenvalue weighted by Gasteiger charge is -2.26. The molecular formula is C23H26F2N2O4. The molecular weight excluding hydrogens is 406 g/mol. The van der Waals surface area contributed by atoms with E-state index >= 15 is 0 Å². The van der Waals surface area contributed by atoms with Crippen LogP contribution in [0, 0.1) is 0 Å². The minimum atomic E-state index is -3.00. The van der Waals surface area contributed by atoms with Crippen molar-refractivity contribution in [1.29, 1.82) is 0 Å². The Kier molecular flexibility index (Phi) is 8.37. The molecule has 1 aliphatic rings. The van der Waals surface area contributed by atoms with Gasteiger partial charge in [0.25, 0.3) is 0 Å². The van der Waals surface area contributed by atoms with Crippen LogP contribution in [-0.4, -0.2) is 50.8 Å². The predicted molar refractivity (Wildman–Crippen MR) is 113 cm³/mol. The van der Waals surface area contributed by atoms with Crippen LogP contribution >= 0.6 is 0 Å². The molecule has 0 aromatic heterocycles. The van der Waals surface area contributed by atoms with Crippen molar-refractivity contribution in [3.8, 4) is 11.5 Å². The van der Waals surface area contributed by atoms with Crippen LogP contribution in [0.15, 0.2) is 48.5 Å². The molecule has 0 aliphatic carbocycles. The fourth-order valence-corrected chi connectivity index (χ4v) is 3.31. The Morgan fingerprint density at radius 1 is 1.19 bits per heavy atom. The maximum atomic E-state index is 12.7. The second-order valence-electron chi connectivity index (χ2n) is 7.02. The molecule has 0 radical (unpaired) electrons. The first-order chi connectivity index (χ1) is 15.0. The lowest BCUT2D eigenvalue weighted by molar-refractivity contribution is -0.116. The second-order valence-corrected chi connectivity index (χ2v) is 7.02. The van der Waals surface area contributed by atoms with Crippen LogP contribution in [0.4, 0.5) is 8.78 Å². The van der Waals surface area contributed by atoms with Crippen LogP contribution < -0.4 is 14.8 Å². The minimum Gasteiger partial charge on any atom is -0.493 e. The van der Waals surface area contributed by atoms with E-state index in [4.69, 9.17) is 9.47 Å². The van der Waals surface area contributed by atoms with Crippen molar-refractivity contribution in [3.05, 3.63) is 65.2 Å². The third-order valence-corrected chi connectivity index (χ3v) is 4.82. The highest BCUT2D eigenvalue weighted by Crippen LogP contribution is 2.33. The van der Waals surface area contributed by atoms with Gasteiger partial charge in [-0.3, -0.25) is 9.69 Å². The highest BCUT2D eigenvalue weighted by molar-refractivity contribution is 5.92. The van der Waals surface area contributed by atoms with Crippen molar-refractivity contribution in [3.63, 3.8) is 0 Å². The molecule has 1 aliphatic heterocycles. The quantitative estimate of drug-likeness (QED) is 0.615. The summed E-state index contributed by atoms with van der Waals surface area (Å²) in [5, 5.41) is 2.81. The fraction of sp³-hybridized carbons (Fsp3) is 0.348. The van der Waals surface area contributed by atoms with Crippen LogP contribution in [0.2, 0.25) is 0 Å². The average molecular weight is 432 g/mol. The van der Waals surface area contributed by atoms with Gasteiger partial charge >= 0.3 is 6.61 Å². The summed E-state index contributed by atoms with van der Waals surface area (Å²) in [6, 6.07) is 12.8. The van der Waals surface area contributed by atoms with Gasteiger partial charge in [0.2, 0.25) is 5.91 Å². The van der Waals surface area contributed by atoms with Gasteiger partial charge in [0.05, 0.1) is 20.3 Å². The molecule has 1 fully saturated rings. The third-order valence-electron chi connectivity index (χ3n) is 4.82. The molecule has 2 aromatic carbocycles. The molecule has 0 atom stereocenters. The van der Waals surface area contributed by atoms with Crippen molar-refractivity contribution in [2.24, 2.45) is 0 Å². The van der Waals surface area contributed by atoms with Gasteiger partial charge in [-0.25, -0.2) is 0 Å². The lowest BCUT2D eigenvalue weighted by Crippen LogP contribution is -2.35. The van der Waals surface area contributed by atoms with Crippen molar-refractivity contribution in [2.75, 3.05) is 33.4 Å². The Morgan fingerprint density at radius 3 is 2.68 bits per heavy atom. The molecule has 166 valence electrons. The number of benzene rings is 2. The summed E-state index contributed by atoms with van der Waals surface area (Å²) in [7, 11) is 1.36. The summed E-state index contributed by atoms with van der Waals surface area (Å²) < 4.78 is 40.4. The monoisotopic (exact) mass is 432 g/mol. The smallest absolute Gasteiger partial charge is 0.387 e. The largest absolute Gasteiger partial charge is 0.493 e. The van der Waals surface area contributed by atoms with Gasteiger partial charge in [0.15, 0.2) is 11.5 Å². The van der Waals surface area contributed by atoms with E-state index in [9.17, 15) is 13.6 Å². The topological polar surface area (TPSA) is 60.0 Å². The zero-order valence-electron chi connectivity index (χ0n) is 17.4. The van der Waals surface area contributed by atoms with Crippen molar-refractivity contribution >= 4 is 12.0 Å². The number of halogens is 2. The van der Waals surface area contributed by atoms with E-state index in [2.05, 4.69) is 27.1 Å². The van der Waals surface area contributed by atoms with Gasteiger partial charge in [0, 0.05) is 37.8 Å². The maximum Gasteiger partial charge on any atom is 0.387 e. The summed E-state index contributed by atoms with van der Waals surface area (Å²) in [5.74, 6) is -0.288. The number of carbonyl (C=O) groups is 1. The Labute approximate surface area is 180 Å². The molecule has 1 N–H and O–H groups in total. The number of para-hydroxylation sites is 1. The van der Waals surface area contributed by atoms with Gasteiger partial charge in [-0.05, 0) is 23.3 Å². The van der Waals surface area contributed by atoms with Crippen LogP contribution in [-0.2, 0) is 22.6 Å². The molecule has 0 bridgehead atoms. The molecule has 0 saturated carbocycles. The van der Waals surface area contributed by atoms with E-state index in [1.165, 1.54) is 30.9 Å². The summed E-state index contributed by atoms with van der Waals surface area (Å²) in [6.07, 6.45) is 2.70. The van der Waals surface area contributed by atoms with E-state index in [0.29, 0.717) is 12.1 Å². The number of nitrogens with one attached hydrogen (secondary N) is 1. The van der Waals surface area contributed by atoms with E-state index in [0.717, 1.165) is 38.4 Å². The average Bonchev–Trinajstić information content (AvgIpc) is 2.77. The van der Waals surface area contributed by atoms with E-state index in [1.807, 2.05) is 12.1 Å². The summed E-state index contributed by atoms with van der Waals surface area (Å²) in [5.41, 5.74) is 2.48. The van der Waals surface area contributed by atoms with Crippen LogP contribution in [0.3, 0.4) is 0 Å². The number of hydrogen-bond donors (Lipinski definition) is 1. The molecule has 31 heavy (non-hydrogen) atoms. The van der Waals surface area contributed by atoms with E-state index in [1.54, 1.807) is 12.1 Å². The Bertz CT molecular complexity index is 899. The number of amides is 1. The van der Waals surface area contributed by atoms with Gasteiger partial charge in [-0.1, -0.05) is 36.4 Å². The molecule has 1 saturated heterocycles. The molecule has 0 spiro atoms. The van der Waals surface area contributed by atoms with Crippen LogP contribution in [0.5, 0.6) is 11.5 Å². The Balaban J connectivity index is 1.58. The number of hydrogen-bond acceptors (Lipinski definition) is 5. The minimum absolute atomic E-state index is 0.111. The highest BCUT2D eigenvalue weighted by atomic mass is 19.3. The SMILES string of the molecule is COc1cccc(/C=C/C(=O)NCc2cccc(CN3CCOCC3)c2)c1OC(F)F. The first-order valence-corrected chi connectivity index (χ1v) is 10.0. The molecule has 0 unspecified atom stereocenters. The van der Waals surface area contributed by atoms with E-state index in [-0.39, 0.29) is 17.4 Å². The molecule has 8 heteroatoms. The third kappa shape index (κ3) is 7.04. The Hall–Kier alpha value is -2.97. The van der Waals surface area contributed by atoms with E-state index < -0.39 is 6.61 Å². The van der Waals surface area contributed by atoms with Crippen molar-refractivity contribution in [1.82, 2.24) is 10.2 Å². The number of ether oxygens (including phenoxy) is 3. The zero-order chi connectivity index (χ0) is 22.1. The summed E-state index contributed by atoms with van der Waals surface area (Å²) in [4.78, 5) is 14.6. The zero-order valence-corrected chi connectivity index (χ0v) is 17.4. The van der Waals surface area contributed by atoms with Crippen molar-refractivity contribution in [2.45, 2.75) is 19.7 Å². The summed E-state index contributed by atoms with van der Waals surface area (Å²) in [6.45, 7) is 1.52. The lowest BCUT2D eigenvalue weighted by atomic mass is 10.1. The van der Waals surface area contributed by atoms with Gasteiger partial charge < -0.3 is 19.5 Å². The number of methoxy groups -OCH3 is 1. The maximum absolute atomic E-state index is 12.7. The number of rotatable bonds is 9. The number of carbonyl (C=O) groups excluding carboxylic acids is 1. The summed E-state index contributed by atoms with van der Waals surface area (Å²) >= 11 is 0. The van der Waals surface area contributed by atoms with Crippen LogP contribution in [0.1, 0.15) is 16.7 Å². The predicted octanol–water partition coefficient (Wildman–Crippen LogP) is 3.46. The van der Waals surface area contributed by atoms with Gasteiger partial charge in [-0.15, -0.1) is 0 Å². The molecule has 3 rings (SSSR count). The number of alkyl halides is 2. The fourth-order valence-electron chi connectivity index (χ4n) is 3.31. The van der Waals surface area contributed by atoms with Gasteiger partial charge in [-0.2, -0.15) is 8.78 Å². The molecule has 6 nitrogen and oxygen atoms in total. The molecule has 1 amide bonds. The normalized spacial score (nSPS) is 14.7. The van der Waals surface area contributed by atoms with Crippen LogP contribution in [0.25, 0.3) is 6.08 Å². The highest BCUT2D eigenvalue weighted by Gasteiger charge is 2.14. The molecule has 1 heterocycles. The van der Waals surface area contributed by atoms with Gasteiger partial charge in [0.1, 0.15) is 0 Å². The Morgan fingerprint density at radius 2 is 1.94 bits per heavy atom. The number of nitrogens with zero attached hydrogens (tertiary/aromatic N) is 1.